The average molecular weight is 290 g/mol. The molecule has 1 fully saturated rings. The van der Waals surface area contributed by atoms with Gasteiger partial charge in [0, 0.05) is 13.1 Å². The molecular formula is C17H26N2O2. The Hall–Kier alpha value is -1.55. The number of rotatable bonds is 6. The summed E-state index contributed by atoms with van der Waals surface area (Å²) in [5, 5.41) is 3.19. The predicted octanol–water partition coefficient (Wildman–Crippen LogP) is 2.08. The molecule has 116 valence electrons. The molecule has 0 aliphatic carbocycles. The topological polar surface area (TPSA) is 41.6 Å². The third-order valence-corrected chi connectivity index (χ3v) is 3.76. The maximum absolute atomic E-state index is 12.4. The number of ether oxygens (including phenoxy) is 1. The van der Waals surface area contributed by atoms with Gasteiger partial charge in [-0.3, -0.25) is 4.79 Å². The molecule has 0 bridgehead atoms. The molecule has 1 aliphatic rings. The number of carbonyl (C=O) groups excluding carboxylic acids is 1. The van der Waals surface area contributed by atoms with E-state index in [0.717, 1.165) is 37.4 Å². The van der Waals surface area contributed by atoms with E-state index in [1.165, 1.54) is 0 Å². The zero-order chi connectivity index (χ0) is 15.2. The second-order valence-corrected chi connectivity index (χ2v) is 6.04. The minimum Gasteiger partial charge on any atom is -0.491 e. The smallest absolute Gasteiger partial charge is 0.227 e. The van der Waals surface area contributed by atoms with Crippen molar-refractivity contribution in [1.29, 1.82) is 0 Å². The molecule has 0 aromatic heterocycles. The lowest BCUT2D eigenvalue weighted by atomic mass is 10.1. The largest absolute Gasteiger partial charge is 0.491 e. The molecule has 1 unspecified atom stereocenters. The normalized spacial score (nSPS) is 18.3. The van der Waals surface area contributed by atoms with Crippen molar-refractivity contribution in [2.24, 2.45) is 5.92 Å². The second-order valence-electron chi connectivity index (χ2n) is 6.04. The minimum absolute atomic E-state index is 0.150. The summed E-state index contributed by atoms with van der Waals surface area (Å²) in [7, 11) is 1.96. The Morgan fingerprint density at radius 3 is 3.00 bits per heavy atom. The van der Waals surface area contributed by atoms with Crippen LogP contribution < -0.4 is 10.1 Å². The molecule has 1 aromatic carbocycles. The van der Waals surface area contributed by atoms with E-state index in [1.807, 2.05) is 50.1 Å². The van der Waals surface area contributed by atoms with E-state index in [4.69, 9.17) is 4.74 Å². The van der Waals surface area contributed by atoms with Crippen molar-refractivity contribution in [3.05, 3.63) is 29.8 Å². The first-order valence-electron chi connectivity index (χ1n) is 7.76. The van der Waals surface area contributed by atoms with Crippen molar-refractivity contribution in [2.75, 3.05) is 26.7 Å². The predicted molar refractivity (Wildman–Crippen MR) is 84.5 cm³/mol. The van der Waals surface area contributed by atoms with Gasteiger partial charge in [0.15, 0.2) is 0 Å². The van der Waals surface area contributed by atoms with Crippen LogP contribution in [0.3, 0.4) is 0 Å². The molecule has 0 radical (unpaired) electrons. The van der Waals surface area contributed by atoms with E-state index in [-0.39, 0.29) is 12.0 Å². The summed E-state index contributed by atoms with van der Waals surface area (Å²) in [6.07, 6.45) is 1.71. The molecule has 0 spiro atoms. The lowest BCUT2D eigenvalue weighted by Crippen LogP contribution is -2.31. The Bertz CT molecular complexity index is 474. The van der Waals surface area contributed by atoms with Gasteiger partial charge in [-0.25, -0.2) is 0 Å². The molecule has 1 amide bonds. The monoisotopic (exact) mass is 290 g/mol. The van der Waals surface area contributed by atoms with Gasteiger partial charge in [0.1, 0.15) is 5.75 Å². The van der Waals surface area contributed by atoms with Crippen molar-refractivity contribution in [2.45, 2.75) is 32.8 Å². The molecule has 1 atom stereocenters. The third-order valence-electron chi connectivity index (χ3n) is 3.76. The van der Waals surface area contributed by atoms with E-state index in [0.29, 0.717) is 12.3 Å². The van der Waals surface area contributed by atoms with Crippen molar-refractivity contribution < 1.29 is 9.53 Å². The van der Waals surface area contributed by atoms with Crippen LogP contribution >= 0.6 is 0 Å². The van der Waals surface area contributed by atoms with Crippen LogP contribution in [-0.4, -0.2) is 43.6 Å². The molecule has 4 heteroatoms. The maximum atomic E-state index is 12.4. The molecule has 1 heterocycles. The minimum atomic E-state index is 0.150. The first-order valence-corrected chi connectivity index (χ1v) is 7.76. The molecule has 21 heavy (non-hydrogen) atoms. The standard InChI is InChI=1S/C17H26N2O2/c1-13(2)21-16-6-4-5-14(9-16)10-17(20)19-8-7-15(12-19)11-18-3/h4-6,9,13,15,18H,7-8,10-12H2,1-3H3. The van der Waals surface area contributed by atoms with E-state index < -0.39 is 0 Å². The number of nitrogens with one attached hydrogen (secondary N) is 1. The maximum Gasteiger partial charge on any atom is 0.227 e. The summed E-state index contributed by atoms with van der Waals surface area (Å²) >= 11 is 0. The first-order chi connectivity index (χ1) is 10.1. The van der Waals surface area contributed by atoms with Crippen molar-refractivity contribution in [3.8, 4) is 5.75 Å². The van der Waals surface area contributed by atoms with Gasteiger partial charge >= 0.3 is 0 Å². The summed E-state index contributed by atoms with van der Waals surface area (Å²) in [4.78, 5) is 14.3. The lowest BCUT2D eigenvalue weighted by Gasteiger charge is -2.17. The van der Waals surface area contributed by atoms with Gasteiger partial charge in [0.25, 0.3) is 0 Å². The number of amides is 1. The van der Waals surface area contributed by atoms with Crippen LogP contribution in [0.1, 0.15) is 25.8 Å². The third kappa shape index (κ3) is 4.74. The Labute approximate surface area is 127 Å². The van der Waals surface area contributed by atoms with E-state index in [9.17, 15) is 4.79 Å². The zero-order valence-corrected chi connectivity index (χ0v) is 13.3. The van der Waals surface area contributed by atoms with E-state index in [2.05, 4.69) is 5.32 Å². The molecule has 1 saturated heterocycles. The second kappa shape index (κ2) is 7.46. The number of hydrogen-bond donors (Lipinski definition) is 1. The van der Waals surface area contributed by atoms with Gasteiger partial charge in [0.05, 0.1) is 12.5 Å². The van der Waals surface area contributed by atoms with Gasteiger partial charge in [-0.1, -0.05) is 12.1 Å². The Morgan fingerprint density at radius 2 is 2.29 bits per heavy atom. The summed E-state index contributed by atoms with van der Waals surface area (Å²) in [5.74, 6) is 1.65. The van der Waals surface area contributed by atoms with Gasteiger partial charge < -0.3 is 15.0 Å². The van der Waals surface area contributed by atoms with Gasteiger partial charge in [-0.05, 0) is 57.5 Å². The molecular weight excluding hydrogens is 264 g/mol. The molecule has 1 aliphatic heterocycles. The molecule has 4 nitrogen and oxygen atoms in total. The van der Waals surface area contributed by atoms with Gasteiger partial charge in [-0.2, -0.15) is 0 Å². The SMILES string of the molecule is CNCC1CCN(C(=O)Cc2cccc(OC(C)C)c2)C1. The van der Waals surface area contributed by atoms with Crippen LogP contribution in [0.15, 0.2) is 24.3 Å². The van der Waals surface area contributed by atoms with Crippen molar-refractivity contribution >= 4 is 5.91 Å². The van der Waals surface area contributed by atoms with E-state index in [1.54, 1.807) is 0 Å². The highest BCUT2D eigenvalue weighted by Gasteiger charge is 2.25. The fourth-order valence-corrected chi connectivity index (χ4v) is 2.80. The van der Waals surface area contributed by atoms with Crippen LogP contribution in [0.4, 0.5) is 0 Å². The lowest BCUT2D eigenvalue weighted by molar-refractivity contribution is -0.129. The van der Waals surface area contributed by atoms with Crippen LogP contribution in [0.5, 0.6) is 5.75 Å². The number of benzene rings is 1. The van der Waals surface area contributed by atoms with Crippen LogP contribution in [0.25, 0.3) is 0 Å². The quantitative estimate of drug-likeness (QED) is 0.872. The van der Waals surface area contributed by atoms with Crippen LogP contribution in [-0.2, 0) is 11.2 Å². The number of likely N-dealkylation sites (tertiary alicyclic amines) is 1. The number of carbonyl (C=O) groups is 1. The molecule has 1 aromatic rings. The number of nitrogens with zero attached hydrogens (tertiary/aromatic N) is 1. The van der Waals surface area contributed by atoms with Crippen molar-refractivity contribution in [1.82, 2.24) is 10.2 Å². The molecule has 0 saturated carbocycles. The Morgan fingerprint density at radius 1 is 1.48 bits per heavy atom. The molecule has 2 rings (SSSR count). The zero-order valence-electron chi connectivity index (χ0n) is 13.3. The van der Waals surface area contributed by atoms with Crippen molar-refractivity contribution in [3.63, 3.8) is 0 Å². The van der Waals surface area contributed by atoms with Gasteiger partial charge in [-0.15, -0.1) is 0 Å². The van der Waals surface area contributed by atoms with Crippen LogP contribution in [0.2, 0.25) is 0 Å². The number of hydrogen-bond acceptors (Lipinski definition) is 3. The fourth-order valence-electron chi connectivity index (χ4n) is 2.80. The highest BCUT2D eigenvalue weighted by atomic mass is 16.5. The Kier molecular flexibility index (Phi) is 5.62. The first kappa shape index (κ1) is 15.8. The summed E-state index contributed by atoms with van der Waals surface area (Å²) in [6, 6.07) is 7.85. The average Bonchev–Trinajstić information content (AvgIpc) is 2.87. The summed E-state index contributed by atoms with van der Waals surface area (Å²) < 4.78 is 5.68. The highest BCUT2D eigenvalue weighted by Crippen LogP contribution is 2.19. The Balaban J connectivity index is 1.91. The van der Waals surface area contributed by atoms with Gasteiger partial charge in [0.2, 0.25) is 5.91 Å². The van der Waals surface area contributed by atoms with Crippen LogP contribution in [0, 0.1) is 5.92 Å². The fraction of sp³-hybridized carbons (Fsp3) is 0.588. The summed E-state index contributed by atoms with van der Waals surface area (Å²) in [5.41, 5.74) is 1.02. The molecule has 1 N–H and O–H groups in total. The highest BCUT2D eigenvalue weighted by molar-refractivity contribution is 5.79. The summed E-state index contributed by atoms with van der Waals surface area (Å²) in [6.45, 7) is 6.75. The van der Waals surface area contributed by atoms with E-state index >= 15 is 0 Å².